The predicted molar refractivity (Wildman–Crippen MR) is 82.1 cm³/mol. The van der Waals surface area contributed by atoms with E-state index in [2.05, 4.69) is 39.8 Å². The minimum Gasteiger partial charge on any atom is -0.370 e. The summed E-state index contributed by atoms with van der Waals surface area (Å²) in [6, 6.07) is 1.73. The second kappa shape index (κ2) is 6.55. The van der Waals surface area contributed by atoms with Crippen LogP contribution in [-0.2, 0) is 6.54 Å². The van der Waals surface area contributed by atoms with Crippen molar-refractivity contribution in [2.45, 2.75) is 33.2 Å². The molecule has 19 heavy (non-hydrogen) atoms. The Labute approximate surface area is 122 Å². The maximum atomic E-state index is 12.1. The van der Waals surface area contributed by atoms with Gasteiger partial charge in [0.15, 0.2) is 0 Å². The third-order valence-corrected chi connectivity index (χ3v) is 4.71. The van der Waals surface area contributed by atoms with Crippen LogP contribution >= 0.6 is 15.9 Å². The lowest BCUT2D eigenvalue weighted by Gasteiger charge is -2.20. The molecule has 2 rings (SSSR count). The summed E-state index contributed by atoms with van der Waals surface area (Å²) in [4.78, 5) is 14.4. The lowest BCUT2D eigenvalue weighted by Crippen LogP contribution is -2.30. The van der Waals surface area contributed by atoms with Crippen molar-refractivity contribution in [1.29, 1.82) is 0 Å². The fourth-order valence-electron chi connectivity index (χ4n) is 2.37. The van der Waals surface area contributed by atoms with E-state index in [-0.39, 0.29) is 5.56 Å². The molecular formula is C14H22BrN3O. The average Bonchev–Trinajstić information content (AvgIpc) is 2.90. The molecule has 1 aliphatic heterocycles. The molecule has 5 heteroatoms. The zero-order valence-corrected chi connectivity index (χ0v) is 13.3. The fraction of sp³-hybridized carbons (Fsp3) is 0.714. The molecule has 1 aromatic rings. The van der Waals surface area contributed by atoms with Crippen LogP contribution in [-0.4, -0.2) is 28.2 Å². The molecule has 4 nitrogen and oxygen atoms in total. The summed E-state index contributed by atoms with van der Waals surface area (Å²) >= 11 is 3.52. The quantitative estimate of drug-likeness (QED) is 0.780. The number of alkyl halides is 1. The van der Waals surface area contributed by atoms with Crippen molar-refractivity contribution in [2.75, 3.05) is 23.3 Å². The van der Waals surface area contributed by atoms with Crippen LogP contribution in [0.5, 0.6) is 0 Å². The van der Waals surface area contributed by atoms with Crippen molar-refractivity contribution in [1.82, 2.24) is 9.78 Å². The first-order chi connectivity index (χ1) is 9.11. The summed E-state index contributed by atoms with van der Waals surface area (Å²) in [7, 11) is 0. The SMILES string of the molecule is CC(C)C(CBr)Cn1ncc(N2CCCC2)cc1=O. The van der Waals surface area contributed by atoms with Crippen molar-refractivity contribution < 1.29 is 0 Å². The number of nitrogens with zero attached hydrogens (tertiary/aromatic N) is 3. The molecule has 1 saturated heterocycles. The minimum atomic E-state index is 0.0102. The molecular weight excluding hydrogens is 306 g/mol. The number of hydrogen-bond donors (Lipinski definition) is 0. The first-order valence-electron chi connectivity index (χ1n) is 7.00. The first-order valence-corrected chi connectivity index (χ1v) is 8.12. The van der Waals surface area contributed by atoms with Crippen LogP contribution in [0.25, 0.3) is 0 Å². The highest BCUT2D eigenvalue weighted by Crippen LogP contribution is 2.18. The highest BCUT2D eigenvalue weighted by atomic mass is 79.9. The number of aromatic nitrogens is 2. The summed E-state index contributed by atoms with van der Waals surface area (Å²) in [5, 5.41) is 5.23. The zero-order valence-electron chi connectivity index (χ0n) is 11.7. The Morgan fingerprint density at radius 1 is 1.37 bits per heavy atom. The molecule has 1 atom stereocenters. The minimum absolute atomic E-state index is 0.0102. The van der Waals surface area contributed by atoms with Crippen LogP contribution in [0.4, 0.5) is 5.69 Å². The van der Waals surface area contributed by atoms with E-state index in [0.29, 0.717) is 18.4 Å². The second-order valence-electron chi connectivity index (χ2n) is 5.59. The third kappa shape index (κ3) is 3.59. The van der Waals surface area contributed by atoms with E-state index in [0.717, 1.165) is 24.1 Å². The van der Waals surface area contributed by atoms with E-state index in [1.54, 1.807) is 10.7 Å². The molecule has 1 fully saturated rings. The molecule has 106 valence electrons. The van der Waals surface area contributed by atoms with Crippen LogP contribution in [0.2, 0.25) is 0 Å². The molecule has 1 aliphatic rings. The van der Waals surface area contributed by atoms with Crippen LogP contribution < -0.4 is 10.5 Å². The van der Waals surface area contributed by atoms with Gasteiger partial charge in [-0.05, 0) is 24.7 Å². The van der Waals surface area contributed by atoms with Crippen molar-refractivity contribution in [3.05, 3.63) is 22.6 Å². The van der Waals surface area contributed by atoms with Gasteiger partial charge in [0.05, 0.1) is 11.9 Å². The van der Waals surface area contributed by atoms with Gasteiger partial charge in [0.25, 0.3) is 5.56 Å². The van der Waals surface area contributed by atoms with Crippen LogP contribution in [0.3, 0.4) is 0 Å². The van der Waals surface area contributed by atoms with Gasteiger partial charge in [0.2, 0.25) is 0 Å². The van der Waals surface area contributed by atoms with Gasteiger partial charge in [-0.2, -0.15) is 5.10 Å². The van der Waals surface area contributed by atoms with Gasteiger partial charge >= 0.3 is 0 Å². The molecule has 0 saturated carbocycles. The van der Waals surface area contributed by atoms with E-state index < -0.39 is 0 Å². The van der Waals surface area contributed by atoms with E-state index in [4.69, 9.17) is 0 Å². The molecule has 2 heterocycles. The number of hydrogen-bond acceptors (Lipinski definition) is 3. The maximum absolute atomic E-state index is 12.1. The Kier molecular flexibility index (Phi) is 5.02. The Balaban J connectivity index is 2.12. The molecule has 0 bridgehead atoms. The standard InChI is InChI=1S/C14H22BrN3O/c1-11(2)12(8-15)10-18-14(19)7-13(9-16-18)17-5-3-4-6-17/h7,9,11-12H,3-6,8,10H2,1-2H3. The van der Waals surface area contributed by atoms with Crippen molar-refractivity contribution in [3.63, 3.8) is 0 Å². The van der Waals surface area contributed by atoms with Gasteiger partial charge < -0.3 is 4.90 Å². The first kappa shape index (κ1) is 14.6. The van der Waals surface area contributed by atoms with Crippen molar-refractivity contribution >= 4 is 21.6 Å². The Bertz CT molecular complexity index is 466. The van der Waals surface area contributed by atoms with Crippen molar-refractivity contribution in [3.8, 4) is 0 Å². The Hall–Kier alpha value is -0.840. The fourth-order valence-corrected chi connectivity index (χ4v) is 3.32. The van der Waals surface area contributed by atoms with Gasteiger partial charge in [-0.1, -0.05) is 29.8 Å². The number of halogens is 1. The monoisotopic (exact) mass is 327 g/mol. The molecule has 0 spiro atoms. The molecule has 0 radical (unpaired) electrons. The summed E-state index contributed by atoms with van der Waals surface area (Å²) in [5.74, 6) is 0.967. The third-order valence-electron chi connectivity index (χ3n) is 3.87. The van der Waals surface area contributed by atoms with Crippen molar-refractivity contribution in [2.24, 2.45) is 11.8 Å². The normalized spacial score (nSPS) is 17.2. The highest BCUT2D eigenvalue weighted by Gasteiger charge is 2.16. The lowest BCUT2D eigenvalue weighted by molar-refractivity contribution is 0.348. The zero-order chi connectivity index (χ0) is 13.8. The van der Waals surface area contributed by atoms with E-state index in [1.165, 1.54) is 12.8 Å². The number of anilines is 1. The Morgan fingerprint density at radius 2 is 2.05 bits per heavy atom. The van der Waals surface area contributed by atoms with Crippen LogP contribution in [0.15, 0.2) is 17.1 Å². The summed E-state index contributed by atoms with van der Waals surface area (Å²) in [6.45, 7) is 7.12. The van der Waals surface area contributed by atoms with Gasteiger partial charge in [0, 0.05) is 31.0 Å². The summed E-state index contributed by atoms with van der Waals surface area (Å²) in [6.07, 6.45) is 4.25. The molecule has 0 aliphatic carbocycles. The van der Waals surface area contributed by atoms with Gasteiger partial charge in [-0.3, -0.25) is 4.79 Å². The predicted octanol–water partition coefficient (Wildman–Crippen LogP) is 2.51. The molecule has 1 aromatic heterocycles. The highest BCUT2D eigenvalue weighted by molar-refractivity contribution is 9.09. The van der Waals surface area contributed by atoms with Crippen LogP contribution in [0.1, 0.15) is 26.7 Å². The molecule has 0 aromatic carbocycles. The molecule has 0 N–H and O–H groups in total. The largest absolute Gasteiger partial charge is 0.370 e. The van der Waals surface area contributed by atoms with Gasteiger partial charge in [-0.25, -0.2) is 4.68 Å². The molecule has 0 amide bonds. The van der Waals surface area contributed by atoms with Crippen LogP contribution in [0, 0.1) is 11.8 Å². The number of rotatable bonds is 5. The Morgan fingerprint density at radius 3 is 2.58 bits per heavy atom. The average molecular weight is 328 g/mol. The second-order valence-corrected chi connectivity index (χ2v) is 6.23. The van der Waals surface area contributed by atoms with E-state index in [9.17, 15) is 4.79 Å². The van der Waals surface area contributed by atoms with E-state index >= 15 is 0 Å². The van der Waals surface area contributed by atoms with E-state index in [1.807, 2.05) is 6.20 Å². The van der Waals surface area contributed by atoms with Gasteiger partial charge in [0.1, 0.15) is 0 Å². The summed E-state index contributed by atoms with van der Waals surface area (Å²) in [5.41, 5.74) is 0.981. The molecule has 1 unspecified atom stereocenters. The topological polar surface area (TPSA) is 38.1 Å². The lowest BCUT2D eigenvalue weighted by atomic mass is 9.98. The maximum Gasteiger partial charge on any atom is 0.268 e. The summed E-state index contributed by atoms with van der Waals surface area (Å²) < 4.78 is 1.59. The van der Waals surface area contributed by atoms with Gasteiger partial charge in [-0.15, -0.1) is 0 Å². The smallest absolute Gasteiger partial charge is 0.268 e.